The molecule has 2 N–H and O–H groups in total. The van der Waals surface area contributed by atoms with Gasteiger partial charge in [-0.05, 0) is 44.5 Å². The number of piperazine rings is 1. The zero-order valence-electron chi connectivity index (χ0n) is 19.4. The van der Waals surface area contributed by atoms with Gasteiger partial charge in [0.15, 0.2) is 0 Å². The molecular weight excluding hydrogens is 439 g/mol. The van der Waals surface area contributed by atoms with E-state index in [1.807, 2.05) is 24.8 Å². The number of nitrogens with one attached hydrogen (secondary N) is 2. The maximum atomic E-state index is 14.6. The number of carbonyl (C=O) groups excluding carboxylic acids is 2. The van der Waals surface area contributed by atoms with Crippen LogP contribution in [0.1, 0.15) is 29.8 Å². The summed E-state index contributed by atoms with van der Waals surface area (Å²) in [4.78, 5) is 31.2. The van der Waals surface area contributed by atoms with Crippen molar-refractivity contribution in [3.8, 4) is 5.75 Å². The Morgan fingerprint density at radius 2 is 2.06 bits per heavy atom. The largest absolute Gasteiger partial charge is 0.492 e. The number of rotatable bonds is 7. The van der Waals surface area contributed by atoms with E-state index in [9.17, 15) is 14.0 Å². The number of fused-ring (bicyclic) bond motifs is 1. The lowest BCUT2D eigenvalue weighted by Gasteiger charge is -2.30. The maximum Gasteiger partial charge on any atom is 0.341 e. The number of ether oxygens (including phenoxy) is 2. The SMILES string of the molecule is CCOC(=O)c1cnc2cc(OCC)c(N3CCNC(=O)C3)cc2c1Nc1cc(C)ccc1F. The van der Waals surface area contributed by atoms with Gasteiger partial charge in [-0.15, -0.1) is 0 Å². The fourth-order valence-corrected chi connectivity index (χ4v) is 3.94. The second-order valence-electron chi connectivity index (χ2n) is 7.92. The Labute approximate surface area is 197 Å². The smallest absolute Gasteiger partial charge is 0.341 e. The summed E-state index contributed by atoms with van der Waals surface area (Å²) in [6.07, 6.45) is 1.42. The average Bonchev–Trinajstić information content (AvgIpc) is 2.81. The molecule has 1 aliphatic rings. The van der Waals surface area contributed by atoms with Crippen molar-refractivity contribution >= 4 is 39.8 Å². The molecule has 0 saturated carbocycles. The molecule has 0 aliphatic carbocycles. The van der Waals surface area contributed by atoms with Crippen LogP contribution in [0.2, 0.25) is 0 Å². The van der Waals surface area contributed by atoms with Gasteiger partial charge >= 0.3 is 5.97 Å². The third-order valence-electron chi connectivity index (χ3n) is 5.50. The number of aryl methyl sites for hydroxylation is 1. The van der Waals surface area contributed by atoms with Crippen LogP contribution in [0.5, 0.6) is 5.75 Å². The van der Waals surface area contributed by atoms with Gasteiger partial charge in [-0.25, -0.2) is 9.18 Å². The number of amides is 1. The summed E-state index contributed by atoms with van der Waals surface area (Å²) in [6.45, 7) is 7.34. The quantitative estimate of drug-likeness (QED) is 0.510. The van der Waals surface area contributed by atoms with Gasteiger partial charge in [-0.2, -0.15) is 0 Å². The van der Waals surface area contributed by atoms with E-state index >= 15 is 0 Å². The summed E-state index contributed by atoms with van der Waals surface area (Å²) in [5, 5.41) is 6.49. The van der Waals surface area contributed by atoms with Crippen LogP contribution in [0.4, 0.5) is 21.5 Å². The molecule has 9 heteroatoms. The highest BCUT2D eigenvalue weighted by atomic mass is 19.1. The lowest BCUT2D eigenvalue weighted by atomic mass is 10.1. The highest BCUT2D eigenvalue weighted by Crippen LogP contribution is 2.38. The summed E-state index contributed by atoms with van der Waals surface area (Å²) in [5.41, 5.74) is 2.89. The standard InChI is InChI=1S/C25H27FN4O4/c1-4-33-22-12-19-16(11-21(22)30-9-8-27-23(31)14-30)24(17(13-28-19)25(32)34-5-2)29-20-10-15(3)6-7-18(20)26/h6-7,10-13H,4-5,8-9,14H2,1-3H3,(H,27,31)(H,28,29). The lowest BCUT2D eigenvalue weighted by molar-refractivity contribution is -0.120. The van der Waals surface area contributed by atoms with Crippen LogP contribution >= 0.6 is 0 Å². The van der Waals surface area contributed by atoms with E-state index in [2.05, 4.69) is 15.6 Å². The number of pyridine rings is 1. The number of esters is 1. The van der Waals surface area contributed by atoms with Gasteiger partial charge in [0, 0.05) is 30.7 Å². The van der Waals surface area contributed by atoms with Crippen molar-refractivity contribution in [1.82, 2.24) is 10.3 Å². The number of carbonyl (C=O) groups is 2. The van der Waals surface area contributed by atoms with Crippen molar-refractivity contribution in [3.63, 3.8) is 0 Å². The molecule has 3 aromatic rings. The molecule has 1 amide bonds. The van der Waals surface area contributed by atoms with Gasteiger partial charge in [0.1, 0.15) is 17.1 Å². The fraction of sp³-hybridized carbons (Fsp3) is 0.320. The molecule has 8 nitrogen and oxygen atoms in total. The summed E-state index contributed by atoms with van der Waals surface area (Å²) < 4.78 is 25.7. The van der Waals surface area contributed by atoms with Crippen LogP contribution in [0.3, 0.4) is 0 Å². The fourth-order valence-electron chi connectivity index (χ4n) is 3.94. The highest BCUT2D eigenvalue weighted by Gasteiger charge is 2.24. The van der Waals surface area contributed by atoms with Crippen molar-refractivity contribution < 1.29 is 23.5 Å². The summed E-state index contributed by atoms with van der Waals surface area (Å²) in [6, 6.07) is 8.31. The van der Waals surface area contributed by atoms with Crippen molar-refractivity contribution in [2.24, 2.45) is 0 Å². The van der Waals surface area contributed by atoms with E-state index in [-0.39, 0.29) is 30.3 Å². The molecular formula is C25H27FN4O4. The van der Waals surface area contributed by atoms with E-state index in [0.717, 1.165) is 5.56 Å². The molecule has 2 aromatic carbocycles. The molecule has 0 bridgehead atoms. The maximum absolute atomic E-state index is 14.6. The van der Waals surface area contributed by atoms with Gasteiger partial charge in [-0.1, -0.05) is 6.07 Å². The Balaban J connectivity index is 1.93. The Morgan fingerprint density at radius 1 is 1.24 bits per heavy atom. The van der Waals surface area contributed by atoms with E-state index in [0.29, 0.717) is 47.7 Å². The summed E-state index contributed by atoms with van der Waals surface area (Å²) in [7, 11) is 0. The normalized spacial score (nSPS) is 13.5. The van der Waals surface area contributed by atoms with Crippen molar-refractivity contribution in [3.05, 3.63) is 53.5 Å². The summed E-state index contributed by atoms with van der Waals surface area (Å²) in [5.74, 6) is -0.536. The number of hydrogen-bond donors (Lipinski definition) is 2. The molecule has 34 heavy (non-hydrogen) atoms. The van der Waals surface area contributed by atoms with Crippen molar-refractivity contribution in [2.45, 2.75) is 20.8 Å². The molecule has 0 atom stereocenters. The van der Waals surface area contributed by atoms with Crippen molar-refractivity contribution in [1.29, 1.82) is 0 Å². The first-order chi connectivity index (χ1) is 16.4. The van der Waals surface area contributed by atoms with Gasteiger partial charge in [0.25, 0.3) is 0 Å². The molecule has 0 spiro atoms. The Hall–Kier alpha value is -3.88. The molecule has 1 saturated heterocycles. The number of benzene rings is 2. The molecule has 0 unspecified atom stereocenters. The zero-order chi connectivity index (χ0) is 24.2. The molecule has 2 heterocycles. The van der Waals surface area contributed by atoms with E-state index in [4.69, 9.17) is 9.47 Å². The first kappa shape index (κ1) is 23.3. The van der Waals surface area contributed by atoms with Gasteiger partial charge in [0.2, 0.25) is 5.91 Å². The highest BCUT2D eigenvalue weighted by molar-refractivity contribution is 6.07. The second kappa shape index (κ2) is 9.94. The van der Waals surface area contributed by atoms with Crippen LogP contribution in [-0.2, 0) is 9.53 Å². The lowest BCUT2D eigenvalue weighted by Crippen LogP contribution is -2.47. The zero-order valence-corrected chi connectivity index (χ0v) is 19.4. The van der Waals surface area contributed by atoms with E-state index in [1.54, 1.807) is 25.1 Å². The minimum atomic E-state index is -0.569. The van der Waals surface area contributed by atoms with Gasteiger partial charge in [0.05, 0.1) is 42.3 Å². The average molecular weight is 467 g/mol. The number of nitrogens with zero attached hydrogens (tertiary/aromatic N) is 2. The topological polar surface area (TPSA) is 92.8 Å². The summed E-state index contributed by atoms with van der Waals surface area (Å²) >= 11 is 0. The Morgan fingerprint density at radius 3 is 2.79 bits per heavy atom. The third-order valence-corrected chi connectivity index (χ3v) is 5.50. The van der Waals surface area contributed by atoms with E-state index < -0.39 is 11.8 Å². The van der Waals surface area contributed by atoms with Crippen LogP contribution in [-0.4, -0.2) is 49.7 Å². The molecule has 1 fully saturated rings. The molecule has 1 aromatic heterocycles. The molecule has 4 rings (SSSR count). The minimum absolute atomic E-state index is 0.0904. The molecule has 178 valence electrons. The first-order valence-corrected chi connectivity index (χ1v) is 11.2. The predicted molar refractivity (Wildman–Crippen MR) is 129 cm³/mol. The molecule has 1 aliphatic heterocycles. The van der Waals surface area contributed by atoms with Crippen LogP contribution in [0, 0.1) is 12.7 Å². The number of halogens is 1. The van der Waals surface area contributed by atoms with Crippen LogP contribution in [0.25, 0.3) is 10.9 Å². The van der Waals surface area contributed by atoms with E-state index in [1.165, 1.54) is 12.3 Å². The first-order valence-electron chi connectivity index (χ1n) is 11.2. The Kier molecular flexibility index (Phi) is 6.81. The number of aromatic nitrogens is 1. The molecule has 0 radical (unpaired) electrons. The second-order valence-corrected chi connectivity index (χ2v) is 7.92. The van der Waals surface area contributed by atoms with Crippen molar-refractivity contribution in [2.75, 3.05) is 43.1 Å². The number of anilines is 3. The predicted octanol–water partition coefficient (Wildman–Crippen LogP) is 3.94. The van der Waals surface area contributed by atoms with Gasteiger partial charge < -0.3 is 25.0 Å². The minimum Gasteiger partial charge on any atom is -0.492 e. The number of hydrogen-bond acceptors (Lipinski definition) is 7. The van der Waals surface area contributed by atoms with Crippen LogP contribution in [0.15, 0.2) is 36.5 Å². The van der Waals surface area contributed by atoms with Crippen LogP contribution < -0.4 is 20.3 Å². The third kappa shape index (κ3) is 4.73. The Bertz CT molecular complexity index is 1250. The monoisotopic (exact) mass is 466 g/mol. The van der Waals surface area contributed by atoms with Gasteiger partial charge in [-0.3, -0.25) is 9.78 Å².